The van der Waals surface area contributed by atoms with Gasteiger partial charge in [-0.3, -0.25) is 19.3 Å². The fourth-order valence-corrected chi connectivity index (χ4v) is 2.41. The highest BCUT2D eigenvalue weighted by Gasteiger charge is 2.38. The largest absolute Gasteiger partial charge is 0.465 e. The number of ether oxygens (including phenoxy) is 1. The number of nitrogens with zero attached hydrogens (tertiary/aromatic N) is 1. The lowest BCUT2D eigenvalue weighted by molar-refractivity contribution is -0.146. The lowest BCUT2D eigenvalue weighted by atomic mass is 9.94. The number of fused-ring (bicyclic) bond motifs is 1. The minimum Gasteiger partial charge on any atom is -0.465 e. The Morgan fingerprint density at radius 2 is 1.68 bits per heavy atom. The van der Waals surface area contributed by atoms with Gasteiger partial charge in [-0.25, -0.2) is 0 Å². The molecule has 0 N–H and O–H groups in total. The topological polar surface area (TPSA) is 63.7 Å². The monoisotopic (exact) mass is 303 g/mol. The first kappa shape index (κ1) is 16.2. The van der Waals surface area contributed by atoms with Crippen molar-refractivity contribution in [3.63, 3.8) is 0 Å². The molecule has 1 aromatic rings. The highest BCUT2D eigenvalue weighted by atomic mass is 16.5. The molecule has 0 aliphatic carbocycles. The maximum absolute atomic E-state index is 12.3. The molecule has 5 heteroatoms. The van der Waals surface area contributed by atoms with Gasteiger partial charge in [-0.1, -0.05) is 32.9 Å². The predicted octanol–water partition coefficient (Wildman–Crippen LogP) is 2.65. The Balaban J connectivity index is 2.03. The fraction of sp³-hybridized carbons (Fsp3) is 0.471. The van der Waals surface area contributed by atoms with Crippen LogP contribution in [-0.2, 0) is 9.53 Å². The standard InChI is InChI=1S/C17H21NO4/c1-4-7-14(19)22-11-17(2,3)10-18-15(20)12-8-5-6-9-13(12)16(18)21/h5-6,8-9H,4,7,10-11H2,1-3H3. The molecule has 1 heterocycles. The fourth-order valence-electron chi connectivity index (χ4n) is 2.41. The van der Waals surface area contributed by atoms with E-state index in [1.807, 2.05) is 20.8 Å². The first-order chi connectivity index (χ1) is 10.4. The molecule has 0 atom stereocenters. The van der Waals surface area contributed by atoms with E-state index in [4.69, 9.17) is 4.74 Å². The Labute approximate surface area is 130 Å². The summed E-state index contributed by atoms with van der Waals surface area (Å²) in [7, 11) is 0. The molecule has 22 heavy (non-hydrogen) atoms. The van der Waals surface area contributed by atoms with Crippen LogP contribution in [0, 0.1) is 5.41 Å². The Kier molecular flexibility index (Phi) is 4.64. The molecule has 0 spiro atoms. The predicted molar refractivity (Wildman–Crippen MR) is 81.5 cm³/mol. The zero-order valence-corrected chi connectivity index (χ0v) is 13.2. The molecule has 0 saturated heterocycles. The van der Waals surface area contributed by atoms with Crippen LogP contribution >= 0.6 is 0 Å². The number of imide groups is 1. The summed E-state index contributed by atoms with van der Waals surface area (Å²) in [4.78, 5) is 37.3. The Morgan fingerprint density at radius 1 is 1.14 bits per heavy atom. The van der Waals surface area contributed by atoms with Crippen LogP contribution in [0.15, 0.2) is 24.3 Å². The van der Waals surface area contributed by atoms with E-state index in [0.717, 1.165) is 6.42 Å². The summed E-state index contributed by atoms with van der Waals surface area (Å²) in [5.74, 6) is -0.819. The Morgan fingerprint density at radius 3 is 2.18 bits per heavy atom. The summed E-state index contributed by atoms with van der Waals surface area (Å²) in [6.07, 6.45) is 1.11. The van der Waals surface area contributed by atoms with E-state index in [2.05, 4.69) is 0 Å². The van der Waals surface area contributed by atoms with Crippen molar-refractivity contribution in [2.45, 2.75) is 33.6 Å². The van der Waals surface area contributed by atoms with Gasteiger partial charge < -0.3 is 4.74 Å². The first-order valence-corrected chi connectivity index (χ1v) is 7.46. The third kappa shape index (κ3) is 3.35. The number of benzene rings is 1. The average Bonchev–Trinajstić information content (AvgIpc) is 2.71. The van der Waals surface area contributed by atoms with Crippen LogP contribution in [0.3, 0.4) is 0 Å². The molecular weight excluding hydrogens is 282 g/mol. The molecule has 0 saturated carbocycles. The van der Waals surface area contributed by atoms with Crippen molar-refractivity contribution >= 4 is 17.8 Å². The molecule has 0 aromatic heterocycles. The van der Waals surface area contributed by atoms with Gasteiger partial charge in [0.1, 0.15) is 0 Å². The summed E-state index contributed by atoms with van der Waals surface area (Å²) in [6.45, 7) is 6.05. The van der Waals surface area contributed by atoms with Gasteiger partial charge in [-0.15, -0.1) is 0 Å². The summed E-state index contributed by atoms with van der Waals surface area (Å²) in [6, 6.07) is 6.80. The quantitative estimate of drug-likeness (QED) is 0.598. The normalized spacial score (nSPS) is 14.2. The van der Waals surface area contributed by atoms with Crippen LogP contribution in [0.5, 0.6) is 0 Å². The van der Waals surface area contributed by atoms with Crippen LogP contribution in [0.2, 0.25) is 0 Å². The van der Waals surface area contributed by atoms with E-state index in [9.17, 15) is 14.4 Å². The zero-order valence-electron chi connectivity index (χ0n) is 13.2. The van der Waals surface area contributed by atoms with E-state index in [1.165, 1.54) is 4.90 Å². The maximum Gasteiger partial charge on any atom is 0.305 e. The number of carbonyl (C=O) groups excluding carboxylic acids is 3. The van der Waals surface area contributed by atoms with Gasteiger partial charge in [0.15, 0.2) is 0 Å². The van der Waals surface area contributed by atoms with Crippen molar-refractivity contribution in [3.8, 4) is 0 Å². The van der Waals surface area contributed by atoms with Crippen LogP contribution in [0.4, 0.5) is 0 Å². The van der Waals surface area contributed by atoms with Crippen LogP contribution in [0.25, 0.3) is 0 Å². The van der Waals surface area contributed by atoms with Gasteiger partial charge in [0.05, 0.1) is 17.7 Å². The van der Waals surface area contributed by atoms with Gasteiger partial charge in [0.2, 0.25) is 0 Å². The molecule has 118 valence electrons. The minimum absolute atomic E-state index is 0.180. The SMILES string of the molecule is CCCC(=O)OCC(C)(C)CN1C(=O)c2ccccc2C1=O. The van der Waals surface area contributed by atoms with Crippen molar-refractivity contribution in [2.24, 2.45) is 5.41 Å². The average molecular weight is 303 g/mol. The molecule has 5 nitrogen and oxygen atoms in total. The van der Waals surface area contributed by atoms with Crippen molar-refractivity contribution in [3.05, 3.63) is 35.4 Å². The van der Waals surface area contributed by atoms with Crippen LogP contribution in [-0.4, -0.2) is 35.8 Å². The van der Waals surface area contributed by atoms with Crippen molar-refractivity contribution in [2.75, 3.05) is 13.2 Å². The van der Waals surface area contributed by atoms with Gasteiger partial charge in [0, 0.05) is 18.4 Å². The zero-order chi connectivity index (χ0) is 16.3. The third-order valence-electron chi connectivity index (χ3n) is 3.54. The van der Waals surface area contributed by atoms with Gasteiger partial charge >= 0.3 is 5.97 Å². The highest BCUT2D eigenvalue weighted by Crippen LogP contribution is 2.27. The lowest BCUT2D eigenvalue weighted by Crippen LogP contribution is -2.40. The van der Waals surface area contributed by atoms with Crippen molar-refractivity contribution in [1.29, 1.82) is 0 Å². The molecule has 0 fully saturated rings. The Bertz CT molecular complexity index is 571. The van der Waals surface area contributed by atoms with Crippen molar-refractivity contribution < 1.29 is 19.1 Å². The molecule has 0 radical (unpaired) electrons. The smallest absolute Gasteiger partial charge is 0.305 e. The van der Waals surface area contributed by atoms with Gasteiger partial charge in [-0.2, -0.15) is 0 Å². The van der Waals surface area contributed by atoms with Crippen LogP contribution < -0.4 is 0 Å². The van der Waals surface area contributed by atoms with E-state index >= 15 is 0 Å². The molecule has 0 unspecified atom stereocenters. The number of carbonyl (C=O) groups is 3. The van der Waals surface area contributed by atoms with E-state index in [-0.39, 0.29) is 30.9 Å². The molecule has 2 rings (SSSR count). The number of amides is 2. The van der Waals surface area contributed by atoms with E-state index in [1.54, 1.807) is 24.3 Å². The third-order valence-corrected chi connectivity index (χ3v) is 3.54. The Hall–Kier alpha value is -2.17. The number of esters is 1. The summed E-state index contributed by atoms with van der Waals surface area (Å²) >= 11 is 0. The number of hydrogen-bond donors (Lipinski definition) is 0. The molecule has 1 aromatic carbocycles. The number of hydrogen-bond acceptors (Lipinski definition) is 4. The second kappa shape index (κ2) is 6.30. The van der Waals surface area contributed by atoms with Crippen LogP contribution in [0.1, 0.15) is 54.3 Å². The van der Waals surface area contributed by atoms with E-state index < -0.39 is 5.41 Å². The summed E-state index contributed by atoms with van der Waals surface area (Å²) in [5.41, 5.74) is 0.383. The maximum atomic E-state index is 12.3. The minimum atomic E-state index is -0.489. The van der Waals surface area contributed by atoms with E-state index in [0.29, 0.717) is 17.5 Å². The summed E-state index contributed by atoms with van der Waals surface area (Å²) in [5, 5.41) is 0. The molecule has 1 aliphatic rings. The lowest BCUT2D eigenvalue weighted by Gasteiger charge is -2.28. The summed E-state index contributed by atoms with van der Waals surface area (Å²) < 4.78 is 5.22. The molecule has 2 amide bonds. The first-order valence-electron chi connectivity index (χ1n) is 7.46. The highest BCUT2D eigenvalue weighted by molar-refractivity contribution is 6.21. The second-order valence-corrected chi connectivity index (χ2v) is 6.32. The van der Waals surface area contributed by atoms with Gasteiger partial charge in [0.25, 0.3) is 11.8 Å². The second-order valence-electron chi connectivity index (χ2n) is 6.32. The molecular formula is C17H21NO4. The van der Waals surface area contributed by atoms with Gasteiger partial charge in [-0.05, 0) is 18.6 Å². The molecule has 0 bridgehead atoms. The number of rotatable bonds is 6. The van der Waals surface area contributed by atoms with Crippen molar-refractivity contribution in [1.82, 2.24) is 4.90 Å². The molecule has 1 aliphatic heterocycles.